The topological polar surface area (TPSA) is 72.9 Å². The van der Waals surface area contributed by atoms with Crippen LogP contribution in [0.25, 0.3) is 0 Å². The number of hydrogen-bond acceptors (Lipinski definition) is 5. The Morgan fingerprint density at radius 3 is 2.53 bits per heavy atom. The Balaban J connectivity index is 2.52. The molecular formula is C9H14FNO5S. The summed E-state index contributed by atoms with van der Waals surface area (Å²) in [5.74, 6) is -0.127. The molecule has 0 bridgehead atoms. The fraction of sp³-hybridized carbons (Fsp3) is 0.667. The van der Waals surface area contributed by atoms with Crippen molar-refractivity contribution in [1.29, 1.82) is 0 Å². The highest BCUT2D eigenvalue weighted by molar-refractivity contribution is 7.81. The average molecular weight is 267 g/mol. The van der Waals surface area contributed by atoms with E-state index in [9.17, 15) is 17.1 Å². The average Bonchev–Trinajstić information content (AvgIpc) is 2.45. The zero-order valence-corrected chi connectivity index (χ0v) is 10.6. The van der Waals surface area contributed by atoms with E-state index in [1.165, 1.54) is 11.0 Å². The van der Waals surface area contributed by atoms with Gasteiger partial charge in [-0.2, -0.15) is 8.42 Å². The molecule has 17 heavy (non-hydrogen) atoms. The molecule has 0 unspecified atom stereocenters. The molecule has 0 aromatic heterocycles. The van der Waals surface area contributed by atoms with E-state index in [0.29, 0.717) is 0 Å². The molecule has 0 aromatic rings. The van der Waals surface area contributed by atoms with Crippen LogP contribution in [-0.2, 0) is 19.4 Å². The fourth-order valence-electron chi connectivity index (χ4n) is 1.18. The van der Waals surface area contributed by atoms with Crippen molar-refractivity contribution in [3.63, 3.8) is 0 Å². The molecule has 0 atom stereocenters. The van der Waals surface area contributed by atoms with Crippen molar-refractivity contribution >= 4 is 16.6 Å². The third-order valence-electron chi connectivity index (χ3n) is 1.74. The second-order valence-corrected chi connectivity index (χ2v) is 5.46. The van der Waals surface area contributed by atoms with Gasteiger partial charge in [0.05, 0.1) is 6.54 Å². The number of rotatable bonds is 2. The van der Waals surface area contributed by atoms with E-state index in [1.807, 2.05) is 0 Å². The molecule has 0 fully saturated rings. The number of carbonyl (C=O) groups is 1. The van der Waals surface area contributed by atoms with Gasteiger partial charge in [0, 0.05) is 6.54 Å². The molecule has 98 valence electrons. The summed E-state index contributed by atoms with van der Waals surface area (Å²) in [5.41, 5.74) is -0.646. The smallest absolute Gasteiger partial charge is 0.444 e. The van der Waals surface area contributed by atoms with Gasteiger partial charge in [-0.3, -0.25) is 4.90 Å². The molecule has 1 amide bonds. The molecule has 0 N–H and O–H groups in total. The SMILES string of the molecule is CC(C)(C)OC(=O)N1CC=C(OS(=O)(=O)F)C1. The van der Waals surface area contributed by atoms with Crippen LogP contribution in [-0.4, -0.2) is 38.1 Å². The summed E-state index contributed by atoms with van der Waals surface area (Å²) < 4.78 is 41.8. The molecule has 0 saturated carbocycles. The lowest BCUT2D eigenvalue weighted by molar-refractivity contribution is 0.0293. The zero-order valence-electron chi connectivity index (χ0n) is 9.77. The van der Waals surface area contributed by atoms with E-state index in [1.54, 1.807) is 20.8 Å². The second-order valence-electron chi connectivity index (χ2n) is 4.51. The first-order valence-electron chi connectivity index (χ1n) is 4.88. The van der Waals surface area contributed by atoms with Gasteiger partial charge in [0.25, 0.3) is 0 Å². The Hall–Kier alpha value is -1.31. The van der Waals surface area contributed by atoms with Crippen LogP contribution in [0, 0.1) is 0 Å². The van der Waals surface area contributed by atoms with Gasteiger partial charge in [-0.15, -0.1) is 0 Å². The Morgan fingerprint density at radius 2 is 2.06 bits per heavy atom. The number of nitrogens with zero attached hydrogens (tertiary/aromatic N) is 1. The van der Waals surface area contributed by atoms with Crippen molar-refractivity contribution in [1.82, 2.24) is 4.90 Å². The minimum atomic E-state index is -5.04. The molecule has 1 heterocycles. The molecule has 0 aliphatic carbocycles. The molecule has 6 nitrogen and oxygen atoms in total. The van der Waals surface area contributed by atoms with E-state index in [-0.39, 0.29) is 18.8 Å². The summed E-state index contributed by atoms with van der Waals surface area (Å²) in [6.45, 7) is 5.12. The number of ether oxygens (including phenoxy) is 1. The first-order chi connectivity index (χ1) is 7.57. The molecule has 1 aliphatic heterocycles. The maximum Gasteiger partial charge on any atom is 0.488 e. The zero-order chi connectivity index (χ0) is 13.3. The summed E-state index contributed by atoms with van der Waals surface area (Å²) in [5, 5.41) is 0. The molecule has 0 radical (unpaired) electrons. The van der Waals surface area contributed by atoms with Gasteiger partial charge in [0.2, 0.25) is 0 Å². The first kappa shape index (κ1) is 13.8. The summed E-state index contributed by atoms with van der Waals surface area (Å²) >= 11 is 0. The van der Waals surface area contributed by atoms with Crippen LogP contribution < -0.4 is 0 Å². The molecule has 1 aliphatic rings. The molecule has 8 heteroatoms. The Bertz CT molecular complexity index is 437. The van der Waals surface area contributed by atoms with Crippen molar-refractivity contribution in [3.8, 4) is 0 Å². The predicted molar refractivity (Wildman–Crippen MR) is 57.0 cm³/mol. The maximum atomic E-state index is 12.2. The summed E-state index contributed by atoms with van der Waals surface area (Å²) in [4.78, 5) is 12.7. The van der Waals surface area contributed by atoms with E-state index in [0.717, 1.165) is 0 Å². The molecule has 0 spiro atoms. The predicted octanol–water partition coefficient (Wildman–Crippen LogP) is 1.35. The van der Waals surface area contributed by atoms with E-state index in [4.69, 9.17) is 4.74 Å². The summed E-state index contributed by atoms with van der Waals surface area (Å²) in [6, 6.07) is 0. The van der Waals surface area contributed by atoms with Crippen LogP contribution in [0.3, 0.4) is 0 Å². The molecule has 1 rings (SSSR count). The highest BCUT2D eigenvalue weighted by Gasteiger charge is 2.27. The van der Waals surface area contributed by atoms with Crippen LogP contribution in [0.2, 0.25) is 0 Å². The van der Waals surface area contributed by atoms with Crippen molar-refractivity contribution in [2.45, 2.75) is 26.4 Å². The van der Waals surface area contributed by atoms with Gasteiger partial charge in [-0.25, -0.2) is 4.79 Å². The third-order valence-corrected chi connectivity index (χ3v) is 2.16. The normalized spacial score (nSPS) is 16.7. The van der Waals surface area contributed by atoms with Crippen LogP contribution in [0.5, 0.6) is 0 Å². The quantitative estimate of drug-likeness (QED) is 0.706. The highest BCUT2D eigenvalue weighted by atomic mass is 32.3. The Labute approximate surface area is 99.4 Å². The third kappa shape index (κ3) is 5.03. The van der Waals surface area contributed by atoms with E-state index >= 15 is 0 Å². The number of carbonyl (C=O) groups excluding carboxylic acids is 1. The van der Waals surface area contributed by atoms with E-state index in [2.05, 4.69) is 4.18 Å². The lowest BCUT2D eigenvalue weighted by Crippen LogP contribution is -2.35. The van der Waals surface area contributed by atoms with Gasteiger partial charge in [0.15, 0.2) is 0 Å². The molecule has 0 aromatic carbocycles. The van der Waals surface area contributed by atoms with Crippen molar-refractivity contribution < 1.29 is 26.0 Å². The highest BCUT2D eigenvalue weighted by Crippen LogP contribution is 2.17. The number of amides is 1. The van der Waals surface area contributed by atoms with Gasteiger partial charge in [-0.05, 0) is 26.8 Å². The second kappa shape index (κ2) is 4.52. The van der Waals surface area contributed by atoms with Crippen LogP contribution in [0.4, 0.5) is 8.68 Å². The Kier molecular flexibility index (Phi) is 3.65. The van der Waals surface area contributed by atoms with Crippen molar-refractivity contribution in [2.24, 2.45) is 0 Å². The van der Waals surface area contributed by atoms with Crippen LogP contribution >= 0.6 is 0 Å². The molecule has 0 saturated heterocycles. The van der Waals surface area contributed by atoms with Crippen LogP contribution in [0.1, 0.15) is 20.8 Å². The lowest BCUT2D eigenvalue weighted by atomic mass is 10.2. The summed E-state index contributed by atoms with van der Waals surface area (Å²) in [6.07, 6.45) is 0.699. The summed E-state index contributed by atoms with van der Waals surface area (Å²) in [7, 11) is -5.04. The Morgan fingerprint density at radius 1 is 1.47 bits per heavy atom. The minimum Gasteiger partial charge on any atom is -0.444 e. The van der Waals surface area contributed by atoms with Crippen molar-refractivity contribution in [3.05, 3.63) is 11.8 Å². The van der Waals surface area contributed by atoms with Gasteiger partial charge < -0.3 is 8.92 Å². The van der Waals surface area contributed by atoms with Gasteiger partial charge in [-0.1, -0.05) is 3.89 Å². The van der Waals surface area contributed by atoms with Crippen LogP contribution in [0.15, 0.2) is 11.8 Å². The largest absolute Gasteiger partial charge is 0.488 e. The standard InChI is InChI=1S/C9H14FNO5S/c1-9(2,3)15-8(12)11-5-4-7(6-11)16-17(10,13)14/h4H,5-6H2,1-3H3. The van der Waals surface area contributed by atoms with E-state index < -0.39 is 22.2 Å². The monoisotopic (exact) mass is 267 g/mol. The minimum absolute atomic E-state index is 0.125. The fourth-order valence-corrected chi connectivity index (χ4v) is 1.56. The van der Waals surface area contributed by atoms with Gasteiger partial charge in [0.1, 0.15) is 11.4 Å². The lowest BCUT2D eigenvalue weighted by Gasteiger charge is -2.24. The van der Waals surface area contributed by atoms with Gasteiger partial charge >= 0.3 is 16.6 Å². The first-order valence-corrected chi connectivity index (χ1v) is 6.19. The maximum absolute atomic E-state index is 12.2. The van der Waals surface area contributed by atoms with Crippen molar-refractivity contribution in [2.75, 3.05) is 13.1 Å². The molecular weight excluding hydrogens is 253 g/mol. The number of halogens is 1. The number of hydrogen-bond donors (Lipinski definition) is 0.